The Balaban J connectivity index is 1.64. The van der Waals surface area contributed by atoms with Crippen LogP contribution in [0.1, 0.15) is 31.4 Å². The van der Waals surface area contributed by atoms with Crippen LogP contribution in [0.25, 0.3) is 0 Å². The summed E-state index contributed by atoms with van der Waals surface area (Å²) in [4.78, 5) is 4.59. The predicted octanol–water partition coefficient (Wildman–Crippen LogP) is 2.69. The van der Waals surface area contributed by atoms with Gasteiger partial charge in [-0.2, -0.15) is 0 Å². The molecule has 1 aromatic rings. The third kappa shape index (κ3) is 3.30. The molecule has 0 radical (unpaired) electrons. The average Bonchev–Trinajstić information content (AvgIpc) is 3.27. The third-order valence-electron chi connectivity index (χ3n) is 4.35. The van der Waals surface area contributed by atoms with Crippen molar-refractivity contribution in [2.24, 2.45) is 17.8 Å². The molecular formula is C15H25N3O. The summed E-state index contributed by atoms with van der Waals surface area (Å²) in [5.74, 6) is 3.88. The van der Waals surface area contributed by atoms with Crippen molar-refractivity contribution in [3.05, 3.63) is 11.9 Å². The van der Waals surface area contributed by atoms with E-state index in [2.05, 4.69) is 28.0 Å². The highest BCUT2D eigenvalue weighted by atomic mass is 16.5. The SMILES string of the molecule is COCCNc1nc(C)cn1CC(C1CC1)C1CC1. The van der Waals surface area contributed by atoms with Crippen molar-refractivity contribution in [1.29, 1.82) is 0 Å². The van der Waals surface area contributed by atoms with Crippen molar-refractivity contribution in [3.8, 4) is 0 Å². The second-order valence-electron chi connectivity index (χ2n) is 6.12. The van der Waals surface area contributed by atoms with Crippen molar-refractivity contribution in [3.63, 3.8) is 0 Å². The van der Waals surface area contributed by atoms with Crippen molar-refractivity contribution in [2.45, 2.75) is 39.2 Å². The zero-order valence-corrected chi connectivity index (χ0v) is 12.1. The number of ether oxygens (including phenoxy) is 1. The molecule has 3 rings (SSSR count). The van der Waals surface area contributed by atoms with Crippen LogP contribution in [0.3, 0.4) is 0 Å². The van der Waals surface area contributed by atoms with E-state index in [1.165, 1.54) is 25.7 Å². The van der Waals surface area contributed by atoms with Crippen LogP contribution < -0.4 is 5.32 Å². The summed E-state index contributed by atoms with van der Waals surface area (Å²) in [7, 11) is 1.73. The molecule has 0 saturated heterocycles. The number of nitrogens with zero attached hydrogens (tertiary/aromatic N) is 2. The minimum atomic E-state index is 0.723. The maximum Gasteiger partial charge on any atom is 0.203 e. The van der Waals surface area contributed by atoms with Gasteiger partial charge in [-0.05, 0) is 50.4 Å². The Morgan fingerprint density at radius 3 is 2.63 bits per heavy atom. The first-order valence-electron chi connectivity index (χ1n) is 7.54. The average molecular weight is 263 g/mol. The minimum absolute atomic E-state index is 0.723. The van der Waals surface area contributed by atoms with Crippen LogP contribution >= 0.6 is 0 Å². The van der Waals surface area contributed by atoms with Gasteiger partial charge in [0.05, 0.1) is 12.3 Å². The zero-order chi connectivity index (χ0) is 13.2. The molecule has 1 N–H and O–H groups in total. The number of methoxy groups -OCH3 is 1. The van der Waals surface area contributed by atoms with Gasteiger partial charge in [-0.15, -0.1) is 0 Å². The van der Waals surface area contributed by atoms with Gasteiger partial charge in [0.25, 0.3) is 0 Å². The Morgan fingerprint density at radius 2 is 2.05 bits per heavy atom. The summed E-state index contributed by atoms with van der Waals surface area (Å²) < 4.78 is 7.41. The molecule has 0 bridgehead atoms. The number of anilines is 1. The molecule has 0 aromatic carbocycles. The first-order valence-corrected chi connectivity index (χ1v) is 7.54. The summed E-state index contributed by atoms with van der Waals surface area (Å²) >= 11 is 0. The van der Waals surface area contributed by atoms with Gasteiger partial charge in [0, 0.05) is 26.4 Å². The van der Waals surface area contributed by atoms with E-state index in [-0.39, 0.29) is 0 Å². The van der Waals surface area contributed by atoms with Gasteiger partial charge in [0.2, 0.25) is 5.95 Å². The quantitative estimate of drug-likeness (QED) is 0.733. The Bertz CT molecular complexity index is 409. The first-order chi connectivity index (χ1) is 9.28. The van der Waals surface area contributed by atoms with Gasteiger partial charge >= 0.3 is 0 Å². The first kappa shape index (κ1) is 13.0. The van der Waals surface area contributed by atoms with Crippen molar-refractivity contribution in [1.82, 2.24) is 9.55 Å². The highest BCUT2D eigenvalue weighted by molar-refractivity contribution is 5.28. The Morgan fingerprint density at radius 1 is 1.37 bits per heavy atom. The lowest BCUT2D eigenvalue weighted by Crippen LogP contribution is -2.18. The van der Waals surface area contributed by atoms with Crippen LogP contribution in [0, 0.1) is 24.7 Å². The monoisotopic (exact) mass is 263 g/mol. The fourth-order valence-electron chi connectivity index (χ4n) is 3.05. The van der Waals surface area contributed by atoms with Crippen LogP contribution in [0.15, 0.2) is 6.20 Å². The summed E-state index contributed by atoms with van der Waals surface area (Å²) in [5.41, 5.74) is 1.10. The lowest BCUT2D eigenvalue weighted by atomic mass is 9.98. The largest absolute Gasteiger partial charge is 0.383 e. The van der Waals surface area contributed by atoms with E-state index >= 15 is 0 Å². The zero-order valence-electron chi connectivity index (χ0n) is 12.1. The summed E-state index contributed by atoms with van der Waals surface area (Å²) in [5, 5.41) is 3.39. The Labute approximate surface area is 115 Å². The van der Waals surface area contributed by atoms with E-state index in [9.17, 15) is 0 Å². The molecule has 106 valence electrons. The number of aryl methyl sites for hydroxylation is 1. The maximum atomic E-state index is 5.09. The molecule has 0 aliphatic heterocycles. The molecule has 1 heterocycles. The van der Waals surface area contributed by atoms with E-state index in [1.54, 1.807) is 7.11 Å². The Hall–Kier alpha value is -1.03. The second-order valence-corrected chi connectivity index (χ2v) is 6.12. The fraction of sp³-hybridized carbons (Fsp3) is 0.800. The smallest absolute Gasteiger partial charge is 0.203 e. The maximum absolute atomic E-state index is 5.09. The van der Waals surface area contributed by atoms with Crippen LogP contribution in [0.5, 0.6) is 0 Å². The molecule has 0 spiro atoms. The number of nitrogens with one attached hydrogen (secondary N) is 1. The van der Waals surface area contributed by atoms with Crippen LogP contribution in [0.2, 0.25) is 0 Å². The van der Waals surface area contributed by atoms with Gasteiger partial charge < -0.3 is 14.6 Å². The number of imidazole rings is 1. The summed E-state index contributed by atoms with van der Waals surface area (Å²) in [6.45, 7) is 4.76. The minimum Gasteiger partial charge on any atom is -0.383 e. The van der Waals surface area contributed by atoms with Crippen molar-refractivity contribution < 1.29 is 4.74 Å². The van der Waals surface area contributed by atoms with E-state index in [0.29, 0.717) is 0 Å². The van der Waals surface area contributed by atoms with Crippen molar-refractivity contribution >= 4 is 5.95 Å². The van der Waals surface area contributed by atoms with Crippen LogP contribution in [-0.2, 0) is 11.3 Å². The number of hydrogen-bond donors (Lipinski definition) is 1. The highest BCUT2D eigenvalue weighted by Crippen LogP contribution is 2.50. The van der Waals surface area contributed by atoms with Gasteiger partial charge in [-0.3, -0.25) is 0 Å². The molecule has 0 amide bonds. The Kier molecular flexibility index (Phi) is 3.78. The van der Waals surface area contributed by atoms with E-state index in [0.717, 1.165) is 49.1 Å². The molecule has 19 heavy (non-hydrogen) atoms. The number of hydrogen-bond acceptors (Lipinski definition) is 3. The molecule has 1 aromatic heterocycles. The molecule has 4 heteroatoms. The van der Waals surface area contributed by atoms with Gasteiger partial charge in [0.1, 0.15) is 0 Å². The van der Waals surface area contributed by atoms with Gasteiger partial charge in [0.15, 0.2) is 0 Å². The van der Waals surface area contributed by atoms with Crippen LogP contribution in [0.4, 0.5) is 5.95 Å². The number of rotatable bonds is 8. The van der Waals surface area contributed by atoms with Crippen LogP contribution in [-0.4, -0.2) is 29.8 Å². The summed E-state index contributed by atoms with van der Waals surface area (Å²) in [6, 6.07) is 0. The molecule has 2 aliphatic carbocycles. The third-order valence-corrected chi connectivity index (χ3v) is 4.35. The molecule has 2 aliphatic rings. The van der Waals surface area contributed by atoms with E-state index in [1.807, 2.05) is 0 Å². The lowest BCUT2D eigenvalue weighted by Gasteiger charge is -2.18. The van der Waals surface area contributed by atoms with E-state index < -0.39 is 0 Å². The van der Waals surface area contributed by atoms with E-state index in [4.69, 9.17) is 4.74 Å². The van der Waals surface area contributed by atoms with Crippen molar-refractivity contribution in [2.75, 3.05) is 25.6 Å². The molecule has 2 saturated carbocycles. The second kappa shape index (κ2) is 5.53. The molecule has 0 atom stereocenters. The van der Waals surface area contributed by atoms with Gasteiger partial charge in [-0.25, -0.2) is 4.98 Å². The van der Waals surface area contributed by atoms with Gasteiger partial charge in [-0.1, -0.05) is 0 Å². The highest BCUT2D eigenvalue weighted by Gasteiger charge is 2.41. The lowest BCUT2D eigenvalue weighted by molar-refractivity contribution is 0.210. The molecule has 2 fully saturated rings. The topological polar surface area (TPSA) is 39.1 Å². The molecular weight excluding hydrogens is 238 g/mol. The predicted molar refractivity (Wildman–Crippen MR) is 76.3 cm³/mol. The fourth-order valence-corrected chi connectivity index (χ4v) is 3.05. The standard InChI is InChI=1S/C15H25N3O/c1-11-9-18(15(17-11)16-7-8-19-2)10-14(12-3-4-12)13-5-6-13/h9,12-14H,3-8,10H2,1-2H3,(H,16,17). The summed E-state index contributed by atoms with van der Waals surface area (Å²) in [6.07, 6.45) is 7.97. The number of aromatic nitrogens is 2. The molecule has 0 unspecified atom stereocenters. The normalized spacial score (nSPS) is 19.1. The molecule has 4 nitrogen and oxygen atoms in total.